The number of nitrogens with zero attached hydrogens (tertiary/aromatic N) is 4. The first kappa shape index (κ1) is 19.5. The van der Waals surface area contributed by atoms with E-state index in [1.165, 1.54) is 4.68 Å². The summed E-state index contributed by atoms with van der Waals surface area (Å²) in [5.74, 6) is 0.734. The van der Waals surface area contributed by atoms with Gasteiger partial charge in [-0.2, -0.15) is 0 Å². The zero-order valence-corrected chi connectivity index (χ0v) is 16.6. The molecular formula is C22H26N4O3. The number of hydrogen-bond acceptors (Lipinski definition) is 6. The normalized spacial score (nSPS) is 16.8. The fourth-order valence-corrected chi connectivity index (χ4v) is 4.06. The van der Waals surface area contributed by atoms with Crippen molar-refractivity contribution in [3.05, 3.63) is 64.4 Å². The monoisotopic (exact) mass is 394 g/mol. The SMILES string of the molecule is COc1ccccc1C1(O)CCN(CCCn2nnc3ccccc3c2=O)CC1. The fraction of sp³-hybridized carbons (Fsp3) is 0.409. The Balaban J connectivity index is 1.34. The van der Waals surface area contributed by atoms with Gasteiger partial charge in [-0.3, -0.25) is 4.79 Å². The minimum Gasteiger partial charge on any atom is -0.496 e. The largest absolute Gasteiger partial charge is 0.496 e. The van der Waals surface area contributed by atoms with Crippen LogP contribution in [0, 0.1) is 0 Å². The van der Waals surface area contributed by atoms with Gasteiger partial charge in [-0.15, -0.1) is 5.10 Å². The van der Waals surface area contributed by atoms with Crippen molar-refractivity contribution >= 4 is 10.9 Å². The molecule has 0 atom stereocenters. The summed E-state index contributed by atoms with van der Waals surface area (Å²) in [6.07, 6.45) is 2.12. The van der Waals surface area contributed by atoms with Gasteiger partial charge in [0.05, 0.1) is 18.1 Å². The number of aryl methyl sites for hydroxylation is 1. The molecule has 1 aliphatic heterocycles. The predicted octanol–water partition coefficient (Wildman–Crippen LogP) is 2.17. The molecule has 0 bridgehead atoms. The van der Waals surface area contributed by atoms with Crippen LogP contribution in [-0.2, 0) is 12.1 Å². The molecule has 7 nitrogen and oxygen atoms in total. The highest BCUT2D eigenvalue weighted by Crippen LogP contribution is 2.37. The number of likely N-dealkylation sites (tertiary alicyclic amines) is 1. The molecule has 1 saturated heterocycles. The van der Waals surface area contributed by atoms with Crippen molar-refractivity contribution in [2.75, 3.05) is 26.7 Å². The van der Waals surface area contributed by atoms with E-state index >= 15 is 0 Å². The summed E-state index contributed by atoms with van der Waals surface area (Å²) >= 11 is 0. The van der Waals surface area contributed by atoms with E-state index in [9.17, 15) is 9.90 Å². The Morgan fingerprint density at radius 3 is 2.59 bits per heavy atom. The maximum absolute atomic E-state index is 12.5. The second-order valence-corrected chi connectivity index (χ2v) is 7.56. The number of fused-ring (bicyclic) bond motifs is 1. The summed E-state index contributed by atoms with van der Waals surface area (Å²) in [5, 5.41) is 19.9. The third-order valence-corrected chi connectivity index (χ3v) is 5.77. The van der Waals surface area contributed by atoms with Crippen LogP contribution in [0.25, 0.3) is 10.9 Å². The zero-order valence-electron chi connectivity index (χ0n) is 16.6. The first-order valence-corrected chi connectivity index (χ1v) is 10.0. The van der Waals surface area contributed by atoms with E-state index in [4.69, 9.17) is 4.74 Å². The van der Waals surface area contributed by atoms with Gasteiger partial charge in [0.1, 0.15) is 11.3 Å². The van der Waals surface area contributed by atoms with Gasteiger partial charge in [-0.25, -0.2) is 4.68 Å². The van der Waals surface area contributed by atoms with Crippen molar-refractivity contribution in [1.82, 2.24) is 19.9 Å². The lowest BCUT2D eigenvalue weighted by molar-refractivity contribution is -0.0277. The molecule has 0 saturated carbocycles. The molecule has 0 radical (unpaired) electrons. The lowest BCUT2D eigenvalue weighted by Gasteiger charge is -2.39. The van der Waals surface area contributed by atoms with Gasteiger partial charge in [-0.1, -0.05) is 35.5 Å². The molecule has 1 aliphatic rings. The standard InChI is InChI=1S/C22H26N4O3/c1-29-20-10-5-3-8-18(20)22(28)11-15-25(16-12-22)13-6-14-26-21(27)17-7-2-4-9-19(17)23-24-26/h2-5,7-10,28H,6,11-16H2,1H3. The molecule has 1 fully saturated rings. The van der Waals surface area contributed by atoms with Crippen LogP contribution in [0.2, 0.25) is 0 Å². The van der Waals surface area contributed by atoms with E-state index < -0.39 is 5.60 Å². The summed E-state index contributed by atoms with van der Waals surface area (Å²) in [5.41, 5.74) is 0.532. The third kappa shape index (κ3) is 4.02. The summed E-state index contributed by atoms with van der Waals surface area (Å²) in [6, 6.07) is 15.0. The minimum atomic E-state index is -0.857. The van der Waals surface area contributed by atoms with Gasteiger partial charge in [0.2, 0.25) is 0 Å². The van der Waals surface area contributed by atoms with Crippen LogP contribution >= 0.6 is 0 Å². The number of aliphatic hydroxyl groups is 1. The number of benzene rings is 2. The molecule has 152 valence electrons. The van der Waals surface area contributed by atoms with E-state index in [-0.39, 0.29) is 5.56 Å². The van der Waals surface area contributed by atoms with Gasteiger partial charge in [0.15, 0.2) is 0 Å². The molecule has 4 rings (SSSR count). The Labute approximate surface area is 169 Å². The topological polar surface area (TPSA) is 80.5 Å². The van der Waals surface area contributed by atoms with Crippen LogP contribution in [0.3, 0.4) is 0 Å². The second kappa shape index (κ2) is 8.31. The van der Waals surface area contributed by atoms with Gasteiger partial charge in [-0.05, 0) is 44.0 Å². The third-order valence-electron chi connectivity index (χ3n) is 5.77. The molecule has 0 spiro atoms. The average molecular weight is 394 g/mol. The van der Waals surface area contributed by atoms with Gasteiger partial charge >= 0.3 is 0 Å². The number of para-hydroxylation sites is 1. The Bertz CT molecular complexity index is 1040. The molecule has 3 aromatic rings. The van der Waals surface area contributed by atoms with E-state index in [0.29, 0.717) is 30.3 Å². The van der Waals surface area contributed by atoms with Crippen LogP contribution in [-0.4, -0.2) is 51.7 Å². The summed E-state index contributed by atoms with van der Waals surface area (Å²) in [7, 11) is 1.63. The maximum Gasteiger partial charge on any atom is 0.277 e. The second-order valence-electron chi connectivity index (χ2n) is 7.56. The van der Waals surface area contributed by atoms with E-state index in [1.54, 1.807) is 19.2 Å². The first-order valence-electron chi connectivity index (χ1n) is 10.0. The van der Waals surface area contributed by atoms with Crippen molar-refractivity contribution < 1.29 is 9.84 Å². The van der Waals surface area contributed by atoms with Crippen molar-refractivity contribution in [1.29, 1.82) is 0 Å². The van der Waals surface area contributed by atoms with Crippen LogP contribution in [0.5, 0.6) is 5.75 Å². The number of piperidine rings is 1. The number of methoxy groups -OCH3 is 1. The molecule has 0 amide bonds. The number of hydrogen-bond donors (Lipinski definition) is 1. The Kier molecular flexibility index (Phi) is 5.60. The number of ether oxygens (including phenoxy) is 1. The molecule has 2 aromatic carbocycles. The molecule has 2 heterocycles. The Morgan fingerprint density at radius 2 is 1.79 bits per heavy atom. The van der Waals surface area contributed by atoms with Gasteiger partial charge in [0.25, 0.3) is 5.56 Å². The average Bonchev–Trinajstić information content (AvgIpc) is 2.77. The quantitative estimate of drug-likeness (QED) is 0.690. The number of rotatable bonds is 6. The number of aromatic nitrogens is 3. The Hall–Kier alpha value is -2.77. The molecule has 0 aliphatic carbocycles. The Morgan fingerprint density at radius 1 is 1.07 bits per heavy atom. The van der Waals surface area contributed by atoms with Crippen molar-refractivity contribution in [3.8, 4) is 5.75 Å². The molecular weight excluding hydrogens is 368 g/mol. The highest BCUT2D eigenvalue weighted by Gasteiger charge is 2.35. The first-order chi connectivity index (χ1) is 14.1. The molecule has 7 heteroatoms. The van der Waals surface area contributed by atoms with Crippen molar-refractivity contribution in [3.63, 3.8) is 0 Å². The highest BCUT2D eigenvalue weighted by atomic mass is 16.5. The molecule has 1 aromatic heterocycles. The maximum atomic E-state index is 12.5. The molecule has 0 unspecified atom stereocenters. The molecule has 29 heavy (non-hydrogen) atoms. The smallest absolute Gasteiger partial charge is 0.277 e. The van der Waals surface area contributed by atoms with E-state index in [1.807, 2.05) is 36.4 Å². The van der Waals surface area contributed by atoms with Crippen molar-refractivity contribution in [2.24, 2.45) is 0 Å². The highest BCUT2D eigenvalue weighted by molar-refractivity contribution is 5.76. The van der Waals surface area contributed by atoms with E-state index in [2.05, 4.69) is 15.2 Å². The fourth-order valence-electron chi connectivity index (χ4n) is 4.06. The summed E-state index contributed by atoms with van der Waals surface area (Å²) in [4.78, 5) is 14.8. The van der Waals surface area contributed by atoms with Crippen molar-refractivity contribution in [2.45, 2.75) is 31.4 Å². The minimum absolute atomic E-state index is 0.0974. The van der Waals surface area contributed by atoms with Crippen LogP contribution in [0.15, 0.2) is 53.3 Å². The molecule has 1 N–H and O–H groups in total. The predicted molar refractivity (Wildman–Crippen MR) is 111 cm³/mol. The lowest BCUT2D eigenvalue weighted by atomic mass is 9.84. The van der Waals surface area contributed by atoms with E-state index in [0.717, 1.165) is 37.4 Å². The lowest BCUT2D eigenvalue weighted by Crippen LogP contribution is -2.43. The summed E-state index contributed by atoms with van der Waals surface area (Å²) < 4.78 is 6.87. The zero-order chi connectivity index (χ0) is 20.3. The van der Waals surface area contributed by atoms with Crippen LogP contribution < -0.4 is 10.3 Å². The van der Waals surface area contributed by atoms with Gasteiger partial charge in [0, 0.05) is 25.2 Å². The summed E-state index contributed by atoms with van der Waals surface area (Å²) in [6.45, 7) is 2.98. The van der Waals surface area contributed by atoms with Gasteiger partial charge < -0.3 is 14.7 Å². The van der Waals surface area contributed by atoms with Crippen LogP contribution in [0.1, 0.15) is 24.8 Å². The van der Waals surface area contributed by atoms with Crippen LogP contribution in [0.4, 0.5) is 0 Å².